The minimum Gasteiger partial charge on any atom is -0.369 e. The van der Waals surface area contributed by atoms with Crippen LogP contribution >= 0.6 is 0 Å². The molecule has 1 fully saturated rings. The summed E-state index contributed by atoms with van der Waals surface area (Å²) in [6, 6.07) is 5.82. The quantitative estimate of drug-likeness (QED) is 0.851. The van der Waals surface area contributed by atoms with Gasteiger partial charge in [0.2, 0.25) is 0 Å². The van der Waals surface area contributed by atoms with E-state index >= 15 is 0 Å². The molecular weight excluding hydrogens is 223 g/mol. The monoisotopic (exact) mass is 238 g/mol. The molecule has 0 aliphatic carbocycles. The maximum absolute atomic E-state index is 12.8. The zero-order chi connectivity index (χ0) is 12.3. The van der Waals surface area contributed by atoms with Crippen molar-refractivity contribution in [3.8, 4) is 0 Å². The fraction of sp³-hybridized carbons (Fsp3) is 0.417. The van der Waals surface area contributed by atoms with E-state index in [1.807, 2.05) is 0 Å². The van der Waals surface area contributed by atoms with Crippen LogP contribution in [0.2, 0.25) is 0 Å². The summed E-state index contributed by atoms with van der Waals surface area (Å²) in [5, 5.41) is 0. The molecule has 1 saturated heterocycles. The lowest BCUT2D eigenvalue weighted by molar-refractivity contribution is -0.127. The van der Waals surface area contributed by atoms with Gasteiger partial charge in [-0.2, -0.15) is 0 Å². The average Bonchev–Trinajstić information content (AvgIpc) is 2.32. The minimum absolute atomic E-state index is 0.0632. The molecule has 1 aromatic carbocycles. The Balaban J connectivity index is 2.24. The Labute approximate surface area is 99.2 Å². The zero-order valence-electron chi connectivity index (χ0n) is 9.43. The van der Waals surface area contributed by atoms with E-state index in [0.29, 0.717) is 25.3 Å². The van der Waals surface area contributed by atoms with Crippen LogP contribution in [0, 0.1) is 5.82 Å². The summed E-state index contributed by atoms with van der Waals surface area (Å²) in [6.07, 6.45) is 0.670. The SMILES string of the molecule is NCCC1COCC(=O)N1c1ccc(F)cc1. The van der Waals surface area contributed by atoms with Gasteiger partial charge in [0.05, 0.1) is 12.6 Å². The number of hydrogen-bond acceptors (Lipinski definition) is 3. The van der Waals surface area contributed by atoms with Crippen molar-refractivity contribution in [1.29, 1.82) is 0 Å². The number of amides is 1. The summed E-state index contributed by atoms with van der Waals surface area (Å²) < 4.78 is 18.0. The highest BCUT2D eigenvalue weighted by molar-refractivity contribution is 5.95. The van der Waals surface area contributed by atoms with Gasteiger partial charge in [0.25, 0.3) is 5.91 Å². The van der Waals surface area contributed by atoms with Crippen LogP contribution in [0.15, 0.2) is 24.3 Å². The third-order valence-electron chi connectivity index (χ3n) is 2.77. The fourth-order valence-corrected chi connectivity index (χ4v) is 1.99. The fourth-order valence-electron chi connectivity index (χ4n) is 1.99. The van der Waals surface area contributed by atoms with Gasteiger partial charge in [-0.1, -0.05) is 0 Å². The molecule has 1 atom stereocenters. The van der Waals surface area contributed by atoms with Gasteiger partial charge in [-0.05, 0) is 37.2 Å². The number of carbonyl (C=O) groups is 1. The van der Waals surface area contributed by atoms with Crippen molar-refractivity contribution >= 4 is 11.6 Å². The number of rotatable bonds is 3. The first-order valence-electron chi connectivity index (χ1n) is 5.58. The van der Waals surface area contributed by atoms with Gasteiger partial charge in [-0.15, -0.1) is 0 Å². The summed E-state index contributed by atoms with van der Waals surface area (Å²) in [6.45, 7) is 1.03. The van der Waals surface area contributed by atoms with Crippen molar-refractivity contribution in [2.45, 2.75) is 12.5 Å². The van der Waals surface area contributed by atoms with E-state index in [0.717, 1.165) is 0 Å². The molecule has 17 heavy (non-hydrogen) atoms. The molecule has 0 bridgehead atoms. The summed E-state index contributed by atoms with van der Waals surface area (Å²) in [7, 11) is 0. The molecule has 1 unspecified atom stereocenters. The Morgan fingerprint density at radius 1 is 1.41 bits per heavy atom. The van der Waals surface area contributed by atoms with Gasteiger partial charge in [0, 0.05) is 5.69 Å². The third kappa shape index (κ3) is 2.62. The van der Waals surface area contributed by atoms with E-state index in [4.69, 9.17) is 10.5 Å². The van der Waals surface area contributed by atoms with Gasteiger partial charge in [0.15, 0.2) is 0 Å². The molecule has 4 nitrogen and oxygen atoms in total. The number of ether oxygens (including phenoxy) is 1. The molecule has 2 rings (SSSR count). The number of halogens is 1. The van der Waals surface area contributed by atoms with Crippen LogP contribution in [0.4, 0.5) is 10.1 Å². The Hall–Kier alpha value is -1.46. The molecule has 1 aliphatic rings. The molecule has 0 spiro atoms. The maximum atomic E-state index is 12.8. The Bertz CT molecular complexity index is 392. The van der Waals surface area contributed by atoms with Crippen LogP contribution in [0.25, 0.3) is 0 Å². The van der Waals surface area contributed by atoms with Crippen LogP contribution in [0.3, 0.4) is 0 Å². The second-order valence-electron chi connectivity index (χ2n) is 3.99. The van der Waals surface area contributed by atoms with Crippen molar-refractivity contribution < 1.29 is 13.9 Å². The van der Waals surface area contributed by atoms with Gasteiger partial charge >= 0.3 is 0 Å². The van der Waals surface area contributed by atoms with Crippen molar-refractivity contribution in [3.05, 3.63) is 30.1 Å². The molecule has 5 heteroatoms. The Morgan fingerprint density at radius 2 is 2.12 bits per heavy atom. The smallest absolute Gasteiger partial charge is 0.253 e. The van der Waals surface area contributed by atoms with Crippen LogP contribution in [-0.4, -0.2) is 31.7 Å². The van der Waals surface area contributed by atoms with E-state index in [9.17, 15) is 9.18 Å². The van der Waals surface area contributed by atoms with Crippen LogP contribution in [-0.2, 0) is 9.53 Å². The second-order valence-corrected chi connectivity index (χ2v) is 3.99. The zero-order valence-corrected chi connectivity index (χ0v) is 9.43. The summed E-state index contributed by atoms with van der Waals surface area (Å²) in [5.74, 6) is -0.425. The van der Waals surface area contributed by atoms with E-state index < -0.39 is 0 Å². The van der Waals surface area contributed by atoms with Crippen molar-refractivity contribution in [2.24, 2.45) is 5.73 Å². The van der Waals surface area contributed by atoms with Crippen LogP contribution in [0.1, 0.15) is 6.42 Å². The highest BCUT2D eigenvalue weighted by Gasteiger charge is 2.29. The molecule has 2 N–H and O–H groups in total. The minimum atomic E-state index is -0.315. The third-order valence-corrected chi connectivity index (χ3v) is 2.77. The number of hydrogen-bond donors (Lipinski definition) is 1. The molecule has 1 heterocycles. The lowest BCUT2D eigenvalue weighted by Crippen LogP contribution is -2.50. The van der Waals surface area contributed by atoms with Crippen LogP contribution in [0.5, 0.6) is 0 Å². The second kappa shape index (κ2) is 5.25. The van der Waals surface area contributed by atoms with Gasteiger partial charge < -0.3 is 15.4 Å². The number of benzene rings is 1. The van der Waals surface area contributed by atoms with Crippen molar-refractivity contribution in [3.63, 3.8) is 0 Å². The molecular formula is C12H15FN2O2. The summed E-state index contributed by atoms with van der Waals surface area (Å²) >= 11 is 0. The topological polar surface area (TPSA) is 55.6 Å². The predicted octanol–water partition coefficient (Wildman–Crippen LogP) is 0.906. The van der Waals surface area contributed by atoms with E-state index in [1.54, 1.807) is 17.0 Å². The highest BCUT2D eigenvalue weighted by Crippen LogP contribution is 2.22. The predicted molar refractivity (Wildman–Crippen MR) is 62.2 cm³/mol. The van der Waals surface area contributed by atoms with E-state index in [1.165, 1.54) is 12.1 Å². The van der Waals surface area contributed by atoms with Gasteiger partial charge in [0.1, 0.15) is 12.4 Å². The summed E-state index contributed by atoms with van der Waals surface area (Å²) in [4.78, 5) is 13.5. The lowest BCUT2D eigenvalue weighted by Gasteiger charge is -2.35. The van der Waals surface area contributed by atoms with Gasteiger partial charge in [-0.25, -0.2) is 4.39 Å². The first-order valence-corrected chi connectivity index (χ1v) is 5.58. The summed E-state index contributed by atoms with van der Waals surface area (Å²) in [5.41, 5.74) is 6.21. The normalized spacial score (nSPS) is 20.7. The average molecular weight is 238 g/mol. The van der Waals surface area contributed by atoms with E-state index in [2.05, 4.69) is 0 Å². The first kappa shape index (κ1) is 12.0. The molecule has 1 aromatic rings. The number of morpholine rings is 1. The number of nitrogens with two attached hydrogens (primary N) is 1. The molecule has 0 aromatic heterocycles. The molecule has 0 saturated carbocycles. The lowest BCUT2D eigenvalue weighted by atomic mass is 10.1. The number of carbonyl (C=O) groups excluding carboxylic acids is 1. The number of anilines is 1. The largest absolute Gasteiger partial charge is 0.369 e. The van der Waals surface area contributed by atoms with Crippen LogP contribution < -0.4 is 10.6 Å². The standard InChI is InChI=1S/C12H15FN2O2/c13-9-1-3-10(4-2-9)15-11(5-6-14)7-17-8-12(15)16/h1-4,11H,5-8,14H2. The molecule has 1 amide bonds. The Kier molecular flexibility index (Phi) is 3.71. The Morgan fingerprint density at radius 3 is 2.76 bits per heavy atom. The molecule has 0 radical (unpaired) electrons. The van der Waals surface area contributed by atoms with Gasteiger partial charge in [-0.3, -0.25) is 4.79 Å². The van der Waals surface area contributed by atoms with Crippen molar-refractivity contribution in [1.82, 2.24) is 0 Å². The maximum Gasteiger partial charge on any atom is 0.253 e. The molecule has 1 aliphatic heterocycles. The highest BCUT2D eigenvalue weighted by atomic mass is 19.1. The molecule has 92 valence electrons. The van der Waals surface area contributed by atoms with E-state index in [-0.39, 0.29) is 24.4 Å². The first-order chi connectivity index (χ1) is 8.22. The van der Waals surface area contributed by atoms with Crippen molar-refractivity contribution in [2.75, 3.05) is 24.7 Å². The number of nitrogens with zero attached hydrogens (tertiary/aromatic N) is 1.